The Morgan fingerprint density at radius 1 is 1.09 bits per heavy atom. The number of carbonyl (C=O) groups is 1. The first-order valence-corrected chi connectivity index (χ1v) is 16.9. The summed E-state index contributed by atoms with van der Waals surface area (Å²) in [5.74, 6) is -0.0398. The number of rotatable bonds is 9. The maximum Gasteiger partial charge on any atom is 0.311 e. The van der Waals surface area contributed by atoms with Gasteiger partial charge < -0.3 is 14.8 Å². The largest absolute Gasteiger partial charge is 0.466 e. The summed E-state index contributed by atoms with van der Waals surface area (Å²) in [4.78, 5) is 22.4. The molecule has 3 fully saturated rings. The Kier molecular flexibility index (Phi) is 7.76. The van der Waals surface area contributed by atoms with Crippen LogP contribution in [0.15, 0.2) is 59.9 Å². The van der Waals surface area contributed by atoms with Crippen molar-refractivity contribution in [1.29, 1.82) is 0 Å². The normalized spacial score (nSPS) is 21.2. The summed E-state index contributed by atoms with van der Waals surface area (Å²) >= 11 is 0. The molecule has 0 aliphatic heterocycles. The highest BCUT2D eigenvalue weighted by Crippen LogP contribution is 2.47. The molecule has 0 saturated heterocycles. The molecule has 0 spiro atoms. The SMILES string of the molecule is CCOC(=O)[C@H]1[C@H]2CC[C@H](CC2)[C@@H]1Nc1nc(-c2cn(S(=O)(=O)c3ccc(C)cc3)c3ncc(F)cc23)nn2cc(COC)cc12. The number of methoxy groups -OCH3 is 1. The van der Waals surface area contributed by atoms with Crippen LogP contribution in [-0.4, -0.2) is 57.7 Å². The molecular weight excluding hydrogens is 611 g/mol. The molecule has 11 nitrogen and oxygen atoms in total. The van der Waals surface area contributed by atoms with Gasteiger partial charge in [0.1, 0.15) is 11.3 Å². The molecule has 0 unspecified atom stereocenters. The molecule has 4 heterocycles. The van der Waals surface area contributed by atoms with Gasteiger partial charge in [-0.3, -0.25) is 4.79 Å². The molecule has 3 aliphatic rings. The summed E-state index contributed by atoms with van der Waals surface area (Å²) in [7, 11) is -2.50. The third-order valence-corrected chi connectivity index (χ3v) is 11.0. The van der Waals surface area contributed by atoms with Crippen LogP contribution in [0.5, 0.6) is 0 Å². The van der Waals surface area contributed by atoms with Crippen LogP contribution in [0, 0.1) is 30.5 Å². The van der Waals surface area contributed by atoms with Crippen molar-refractivity contribution in [2.75, 3.05) is 19.0 Å². The topological polar surface area (TPSA) is 130 Å². The van der Waals surface area contributed by atoms with Crippen LogP contribution < -0.4 is 5.32 Å². The van der Waals surface area contributed by atoms with E-state index in [0.29, 0.717) is 24.5 Å². The fourth-order valence-corrected chi connectivity index (χ4v) is 8.47. The van der Waals surface area contributed by atoms with Gasteiger partial charge in [0, 0.05) is 36.5 Å². The van der Waals surface area contributed by atoms with E-state index in [0.717, 1.165) is 47.0 Å². The predicted octanol–water partition coefficient (Wildman–Crippen LogP) is 5.36. The van der Waals surface area contributed by atoms with Crippen molar-refractivity contribution in [2.45, 2.75) is 57.1 Å². The Labute approximate surface area is 265 Å². The van der Waals surface area contributed by atoms with Crippen molar-refractivity contribution >= 4 is 38.4 Å². The highest BCUT2D eigenvalue weighted by Gasteiger charge is 2.48. The van der Waals surface area contributed by atoms with Gasteiger partial charge in [0.15, 0.2) is 17.3 Å². The number of hydrogen-bond acceptors (Lipinski definition) is 9. The van der Waals surface area contributed by atoms with Gasteiger partial charge in [-0.15, -0.1) is 5.10 Å². The fraction of sp³-hybridized carbons (Fsp3) is 0.394. The molecule has 5 aromatic rings. The van der Waals surface area contributed by atoms with E-state index in [1.54, 1.807) is 23.8 Å². The van der Waals surface area contributed by atoms with Crippen LogP contribution in [0.1, 0.15) is 43.7 Å². The van der Waals surface area contributed by atoms with Gasteiger partial charge in [-0.2, -0.15) is 0 Å². The zero-order valence-electron chi connectivity index (χ0n) is 25.8. The summed E-state index contributed by atoms with van der Waals surface area (Å²) in [5, 5.41) is 8.60. The number of benzene rings is 1. The fourth-order valence-electron chi connectivity index (χ4n) is 7.15. The molecule has 2 bridgehead atoms. The Morgan fingerprint density at radius 2 is 1.83 bits per heavy atom. The Balaban J connectivity index is 1.39. The molecule has 0 radical (unpaired) electrons. The molecule has 3 saturated carbocycles. The second-order valence-corrected chi connectivity index (χ2v) is 14.0. The van der Waals surface area contributed by atoms with Gasteiger partial charge in [-0.1, -0.05) is 17.7 Å². The third-order valence-electron chi connectivity index (χ3n) is 9.31. The number of fused-ring (bicyclic) bond motifs is 5. The number of pyridine rings is 1. The lowest BCUT2D eigenvalue weighted by Gasteiger charge is -2.47. The van der Waals surface area contributed by atoms with E-state index in [1.807, 2.05) is 26.1 Å². The van der Waals surface area contributed by atoms with Gasteiger partial charge in [0.05, 0.1) is 30.2 Å². The summed E-state index contributed by atoms with van der Waals surface area (Å²) in [6.45, 7) is 4.32. The maximum absolute atomic E-state index is 14.7. The molecule has 2 atom stereocenters. The summed E-state index contributed by atoms with van der Waals surface area (Å²) in [6, 6.07) is 9.43. The van der Waals surface area contributed by atoms with Gasteiger partial charge in [0.25, 0.3) is 10.0 Å². The van der Waals surface area contributed by atoms with E-state index in [2.05, 4.69) is 10.3 Å². The molecular formula is C33H35FN6O5S. The van der Waals surface area contributed by atoms with E-state index in [-0.39, 0.29) is 57.1 Å². The first-order valence-electron chi connectivity index (χ1n) is 15.5. The third kappa shape index (κ3) is 5.20. The number of esters is 1. The number of halogens is 1. The minimum atomic E-state index is -4.10. The van der Waals surface area contributed by atoms with Crippen LogP contribution in [0.3, 0.4) is 0 Å². The molecule has 4 aromatic heterocycles. The molecule has 240 valence electrons. The number of ether oxygens (including phenoxy) is 2. The number of carbonyl (C=O) groups excluding carboxylic acids is 1. The van der Waals surface area contributed by atoms with Gasteiger partial charge in [-0.05, 0) is 81.2 Å². The Morgan fingerprint density at radius 3 is 2.54 bits per heavy atom. The van der Waals surface area contributed by atoms with Crippen LogP contribution in [0.4, 0.5) is 10.2 Å². The summed E-state index contributed by atoms with van der Waals surface area (Å²) < 4.78 is 56.0. The van der Waals surface area contributed by atoms with Gasteiger partial charge >= 0.3 is 5.97 Å². The molecule has 46 heavy (non-hydrogen) atoms. The van der Waals surface area contributed by atoms with Crippen molar-refractivity contribution in [3.05, 3.63) is 71.9 Å². The first-order chi connectivity index (χ1) is 22.2. The lowest BCUT2D eigenvalue weighted by molar-refractivity contribution is -0.154. The van der Waals surface area contributed by atoms with Crippen LogP contribution in [0.25, 0.3) is 27.9 Å². The summed E-state index contributed by atoms with van der Waals surface area (Å²) in [6.07, 6.45) is 8.14. The number of anilines is 1. The minimum absolute atomic E-state index is 0.0507. The van der Waals surface area contributed by atoms with E-state index in [4.69, 9.17) is 19.6 Å². The molecule has 3 aliphatic carbocycles. The monoisotopic (exact) mass is 646 g/mol. The molecule has 0 amide bonds. The maximum atomic E-state index is 14.7. The lowest BCUT2D eigenvalue weighted by Crippen LogP contribution is -2.52. The lowest BCUT2D eigenvalue weighted by atomic mass is 9.61. The standard InChI is InChI=1S/C33H35FN6O5S/c1-4-45-33(41)28-21-7-9-22(10-8-21)29(28)36-31-27-13-20(18-44-3)16-39(27)38-30(37-31)26-17-40(32-25(26)14-23(34)15-35-32)46(42,43)24-11-5-19(2)6-12-24/h5-6,11-17,21-22,28-29H,4,7-10,18H2,1-3H3,(H,36,37,38)/t21-,22+,28-,29-/m0/s1. The predicted molar refractivity (Wildman–Crippen MR) is 169 cm³/mol. The number of aromatic nitrogens is 5. The van der Waals surface area contributed by atoms with Gasteiger partial charge in [-0.25, -0.2) is 31.3 Å². The Hall–Kier alpha value is -4.36. The molecule has 1 N–H and O–H groups in total. The van der Waals surface area contributed by atoms with Crippen LogP contribution in [0.2, 0.25) is 0 Å². The minimum Gasteiger partial charge on any atom is -0.466 e. The Bertz CT molecular complexity index is 2050. The molecule has 13 heteroatoms. The van der Waals surface area contributed by atoms with E-state index in [9.17, 15) is 17.6 Å². The summed E-state index contributed by atoms with van der Waals surface area (Å²) in [5.41, 5.74) is 2.77. The van der Waals surface area contributed by atoms with Gasteiger partial charge in [0.2, 0.25) is 0 Å². The van der Waals surface area contributed by atoms with Crippen LogP contribution in [-0.2, 0) is 30.9 Å². The second-order valence-electron chi connectivity index (χ2n) is 12.2. The van der Waals surface area contributed by atoms with Crippen molar-refractivity contribution < 1.29 is 27.1 Å². The highest BCUT2D eigenvalue weighted by atomic mass is 32.2. The quantitative estimate of drug-likeness (QED) is 0.211. The average Bonchev–Trinajstić information content (AvgIpc) is 3.63. The number of aryl methyl sites for hydroxylation is 1. The molecule has 8 rings (SSSR count). The van der Waals surface area contributed by atoms with Crippen LogP contribution >= 0.6 is 0 Å². The van der Waals surface area contributed by atoms with E-state index < -0.39 is 15.8 Å². The zero-order valence-corrected chi connectivity index (χ0v) is 26.6. The highest BCUT2D eigenvalue weighted by molar-refractivity contribution is 7.90. The van der Waals surface area contributed by atoms with E-state index in [1.165, 1.54) is 24.4 Å². The smallest absolute Gasteiger partial charge is 0.311 e. The first kappa shape index (κ1) is 30.3. The number of nitrogens with zero attached hydrogens (tertiary/aromatic N) is 5. The van der Waals surface area contributed by atoms with Crippen molar-refractivity contribution in [3.63, 3.8) is 0 Å². The van der Waals surface area contributed by atoms with E-state index >= 15 is 0 Å². The van der Waals surface area contributed by atoms with Crippen molar-refractivity contribution in [1.82, 2.24) is 23.6 Å². The second kappa shape index (κ2) is 11.8. The number of hydrogen-bond donors (Lipinski definition) is 1. The number of nitrogens with one attached hydrogen (secondary N) is 1. The van der Waals surface area contributed by atoms with Crippen molar-refractivity contribution in [2.24, 2.45) is 17.8 Å². The molecule has 1 aromatic carbocycles. The zero-order chi connectivity index (χ0) is 32.2. The van der Waals surface area contributed by atoms with Crippen molar-refractivity contribution in [3.8, 4) is 11.4 Å². The average molecular weight is 647 g/mol.